The van der Waals surface area contributed by atoms with Crippen LogP contribution in [0.25, 0.3) is 0 Å². The SMILES string of the molecule is CC(C)=O.[Cl][Ti]. The Balaban J connectivity index is 0. The van der Waals surface area contributed by atoms with Crippen molar-refractivity contribution < 1.29 is 24.2 Å². The van der Waals surface area contributed by atoms with E-state index in [1.54, 1.807) is 0 Å². The normalized spacial score (nSPS) is 5.00. The fourth-order valence-corrected chi connectivity index (χ4v) is 0. The van der Waals surface area contributed by atoms with Crippen molar-refractivity contribution in [3.8, 4) is 0 Å². The summed E-state index contributed by atoms with van der Waals surface area (Å²) in [7, 11) is 4.64. The predicted octanol–water partition coefficient (Wildman–Crippen LogP) is 1.28. The van der Waals surface area contributed by atoms with E-state index >= 15 is 0 Å². The van der Waals surface area contributed by atoms with Gasteiger partial charge in [0.25, 0.3) is 0 Å². The van der Waals surface area contributed by atoms with Crippen LogP contribution >= 0.6 is 9.30 Å². The van der Waals surface area contributed by atoms with E-state index in [0.717, 1.165) is 0 Å². The minimum absolute atomic E-state index is 0.167. The zero-order chi connectivity index (χ0) is 5.58. The van der Waals surface area contributed by atoms with Crippen molar-refractivity contribution in [2.75, 3.05) is 0 Å². The molecular weight excluding hydrogens is 135 g/mol. The number of carbonyl (C=O) groups is 1. The van der Waals surface area contributed by atoms with Gasteiger partial charge >= 0.3 is 28.7 Å². The van der Waals surface area contributed by atoms with E-state index in [1.165, 1.54) is 33.2 Å². The molecule has 0 aromatic carbocycles. The van der Waals surface area contributed by atoms with Gasteiger partial charge in [0.1, 0.15) is 5.78 Å². The van der Waals surface area contributed by atoms with Gasteiger partial charge in [-0.1, -0.05) is 0 Å². The molecule has 0 unspecified atom stereocenters. The van der Waals surface area contributed by atoms with Crippen LogP contribution in [0.2, 0.25) is 0 Å². The van der Waals surface area contributed by atoms with Crippen LogP contribution in [0.15, 0.2) is 0 Å². The third kappa shape index (κ3) is 139. The van der Waals surface area contributed by atoms with E-state index in [1.807, 2.05) is 0 Å². The van der Waals surface area contributed by atoms with Gasteiger partial charge in [0.2, 0.25) is 0 Å². The molecule has 0 aliphatic rings. The van der Waals surface area contributed by atoms with Crippen molar-refractivity contribution >= 4 is 15.1 Å². The molecule has 0 aliphatic carbocycles. The standard InChI is InChI=1S/C3H6O.ClH.Ti/c1-3(2)4;;/h1-2H3;1H;/q;;+1/p-1. The fraction of sp³-hybridized carbons (Fsp3) is 0.667. The van der Waals surface area contributed by atoms with Crippen LogP contribution in [0.4, 0.5) is 0 Å². The molecule has 0 N–H and O–H groups in total. The van der Waals surface area contributed by atoms with Crippen molar-refractivity contribution in [2.24, 2.45) is 0 Å². The van der Waals surface area contributed by atoms with E-state index in [-0.39, 0.29) is 5.78 Å². The van der Waals surface area contributed by atoms with E-state index in [9.17, 15) is 4.79 Å². The van der Waals surface area contributed by atoms with Gasteiger partial charge < -0.3 is 4.79 Å². The maximum absolute atomic E-state index is 9.44. The van der Waals surface area contributed by atoms with Crippen LogP contribution in [0.1, 0.15) is 13.8 Å². The van der Waals surface area contributed by atoms with Gasteiger partial charge in [-0.15, -0.1) is 0 Å². The van der Waals surface area contributed by atoms with Crippen LogP contribution in [0, 0.1) is 0 Å². The molecule has 0 fully saturated rings. The summed E-state index contributed by atoms with van der Waals surface area (Å²) in [5.74, 6) is 0.167. The molecule has 0 rings (SSSR count). The molecule has 0 aliphatic heterocycles. The van der Waals surface area contributed by atoms with Crippen LogP contribution in [-0.4, -0.2) is 5.78 Å². The van der Waals surface area contributed by atoms with E-state index in [2.05, 4.69) is 9.30 Å². The van der Waals surface area contributed by atoms with Crippen molar-refractivity contribution in [3.63, 3.8) is 0 Å². The quantitative estimate of drug-likeness (QED) is 0.465. The van der Waals surface area contributed by atoms with Crippen molar-refractivity contribution in [1.29, 1.82) is 0 Å². The van der Waals surface area contributed by atoms with Gasteiger partial charge in [0.15, 0.2) is 0 Å². The summed E-state index contributed by atoms with van der Waals surface area (Å²) < 4.78 is 0. The molecule has 0 aromatic heterocycles. The summed E-state index contributed by atoms with van der Waals surface area (Å²) in [4.78, 5) is 9.44. The predicted molar refractivity (Wildman–Crippen MR) is 22.2 cm³/mol. The Morgan fingerprint density at radius 1 is 1.50 bits per heavy atom. The molecule has 0 heterocycles. The number of hydrogen-bond donors (Lipinski definition) is 0. The molecule has 1 nitrogen and oxygen atoms in total. The molecule has 0 bridgehead atoms. The number of Topliss-reactive ketones (excluding diaryl/α,β-unsaturated/α-hetero) is 1. The first-order valence-corrected chi connectivity index (χ1v) is 3.54. The Labute approximate surface area is 53.3 Å². The Kier molecular flexibility index (Phi) is 15.1. The van der Waals surface area contributed by atoms with Gasteiger partial charge in [-0.3, -0.25) is 0 Å². The summed E-state index contributed by atoms with van der Waals surface area (Å²) in [6, 6.07) is 0. The van der Waals surface area contributed by atoms with Crippen molar-refractivity contribution in [2.45, 2.75) is 13.8 Å². The first kappa shape index (κ1) is 9.84. The van der Waals surface area contributed by atoms with Gasteiger partial charge in [-0.25, -0.2) is 0 Å². The number of halogens is 1. The summed E-state index contributed by atoms with van der Waals surface area (Å²) in [6.07, 6.45) is 0. The Bertz CT molecular complexity index is 33.8. The summed E-state index contributed by atoms with van der Waals surface area (Å²) >= 11 is 1.47. The van der Waals surface area contributed by atoms with Gasteiger partial charge in [-0.2, -0.15) is 0 Å². The summed E-state index contributed by atoms with van der Waals surface area (Å²) in [5, 5.41) is 0. The Hall–Kier alpha value is 0.674. The molecular formula is C3H6ClOTi. The summed E-state index contributed by atoms with van der Waals surface area (Å²) in [6.45, 7) is 3.06. The van der Waals surface area contributed by atoms with Gasteiger partial charge in [-0.05, 0) is 13.8 Å². The molecule has 3 heteroatoms. The molecule has 0 saturated carbocycles. The average Bonchev–Trinajstić information content (AvgIpc) is 1.41. The van der Waals surface area contributed by atoms with Crippen molar-refractivity contribution in [3.05, 3.63) is 0 Å². The first-order chi connectivity index (χ1) is 2.73. The first-order valence-electron chi connectivity index (χ1n) is 1.39. The topological polar surface area (TPSA) is 17.1 Å². The number of ketones is 1. The van der Waals surface area contributed by atoms with Crippen LogP contribution in [0.5, 0.6) is 0 Å². The third-order valence-electron chi connectivity index (χ3n) is 0. The monoisotopic (exact) mass is 141 g/mol. The van der Waals surface area contributed by atoms with Crippen LogP contribution in [-0.2, 0) is 24.2 Å². The van der Waals surface area contributed by atoms with E-state index in [0.29, 0.717) is 0 Å². The average molecular weight is 141 g/mol. The molecule has 0 radical (unpaired) electrons. The van der Waals surface area contributed by atoms with Crippen LogP contribution < -0.4 is 0 Å². The molecule has 0 spiro atoms. The van der Waals surface area contributed by atoms with Gasteiger partial charge in [0.05, 0.1) is 0 Å². The zero-order valence-electron chi connectivity index (χ0n) is 3.79. The van der Waals surface area contributed by atoms with E-state index < -0.39 is 0 Å². The second-order valence-electron chi connectivity index (χ2n) is 0.908. The molecule has 0 amide bonds. The zero-order valence-corrected chi connectivity index (χ0v) is 6.10. The molecule has 0 saturated heterocycles. The number of hydrogen-bond acceptors (Lipinski definition) is 1. The van der Waals surface area contributed by atoms with E-state index in [4.69, 9.17) is 0 Å². The second kappa shape index (κ2) is 9.18. The molecule has 0 atom stereocenters. The minimum atomic E-state index is 0.167. The number of rotatable bonds is 0. The van der Waals surface area contributed by atoms with Crippen LogP contribution in [0.3, 0.4) is 0 Å². The third-order valence-corrected chi connectivity index (χ3v) is 0. The fourth-order valence-electron chi connectivity index (χ4n) is 0. The maximum atomic E-state index is 9.44. The second-order valence-corrected chi connectivity index (χ2v) is 0.908. The van der Waals surface area contributed by atoms with Crippen molar-refractivity contribution in [1.82, 2.24) is 0 Å². The molecule has 0 aromatic rings. The molecule has 6 heavy (non-hydrogen) atoms. The number of carbonyl (C=O) groups excluding carboxylic acids is 1. The Morgan fingerprint density at radius 3 is 1.50 bits per heavy atom. The summed E-state index contributed by atoms with van der Waals surface area (Å²) in [5.41, 5.74) is 0. The Morgan fingerprint density at radius 2 is 1.50 bits per heavy atom. The van der Waals surface area contributed by atoms with Gasteiger partial charge in [0, 0.05) is 0 Å². The molecule has 35 valence electrons.